The molecule has 9 heteroatoms. The normalized spacial score (nSPS) is 21.6. The van der Waals surface area contributed by atoms with E-state index in [9.17, 15) is 9.59 Å². The number of nitrogens with one attached hydrogen (secondary N) is 1. The van der Waals surface area contributed by atoms with Gasteiger partial charge in [-0.05, 0) is 56.4 Å². The molecule has 1 unspecified atom stereocenters. The van der Waals surface area contributed by atoms with Gasteiger partial charge < -0.3 is 15.0 Å². The molecule has 1 aromatic carbocycles. The lowest BCUT2D eigenvalue weighted by Gasteiger charge is -2.48. The number of cyclic esters (lactones) is 1. The van der Waals surface area contributed by atoms with Gasteiger partial charge in [0.1, 0.15) is 12.4 Å². The first-order chi connectivity index (χ1) is 18.9. The van der Waals surface area contributed by atoms with Crippen LogP contribution in [0.5, 0.6) is 0 Å². The van der Waals surface area contributed by atoms with Crippen molar-refractivity contribution in [3.8, 4) is 0 Å². The molecule has 6 rings (SSSR count). The summed E-state index contributed by atoms with van der Waals surface area (Å²) in [6.07, 6.45) is 7.83. The molecule has 1 saturated carbocycles. The number of likely N-dealkylation sites (tertiary alicyclic amines) is 2. The molecule has 1 aromatic heterocycles. The minimum atomic E-state index is -0.372. The average molecular weight is 531 g/mol. The van der Waals surface area contributed by atoms with Gasteiger partial charge in [-0.1, -0.05) is 43.7 Å². The maximum atomic E-state index is 12.1. The minimum Gasteiger partial charge on any atom is -0.444 e. The number of anilines is 2. The Labute approximate surface area is 230 Å². The SMILES string of the molecule is C=CC(=O)N1CC2(CCN(C(CC3CC3)c3ccc([C@H](C)Nc4ncc5c(n4)N(CC)C(=O)OC5)cc3)C2)C1. The standard InChI is InChI=1S/C30H38N6O3/c1-4-26(37)35-18-30(19-35)12-13-34(17-30)25(14-21-6-7-21)23-10-8-22(9-11-23)20(3)32-28-31-15-24-16-39-29(38)36(5-2)27(24)33-28/h4,8-11,15,20-21,25H,1,5-7,12-14,16-19H2,2-3H3,(H,31,32,33)/t20-,25?/m0/s1. The number of hydrogen-bond donors (Lipinski definition) is 1. The van der Waals surface area contributed by atoms with Crippen LogP contribution in [0.25, 0.3) is 0 Å². The average Bonchev–Trinajstić information content (AvgIpc) is 3.65. The van der Waals surface area contributed by atoms with E-state index in [1.807, 2.05) is 11.8 Å². The summed E-state index contributed by atoms with van der Waals surface area (Å²) >= 11 is 0. The minimum absolute atomic E-state index is 0.00279. The Hall–Kier alpha value is -3.46. The van der Waals surface area contributed by atoms with Gasteiger partial charge in [-0.3, -0.25) is 14.6 Å². The Bertz CT molecular complexity index is 1250. The number of hydrogen-bond acceptors (Lipinski definition) is 7. The van der Waals surface area contributed by atoms with Crippen LogP contribution in [0.15, 0.2) is 43.1 Å². The van der Waals surface area contributed by atoms with E-state index in [1.54, 1.807) is 6.20 Å². The van der Waals surface area contributed by atoms with Crippen LogP contribution in [0.3, 0.4) is 0 Å². The molecule has 206 valence electrons. The summed E-state index contributed by atoms with van der Waals surface area (Å²) in [7, 11) is 0. The van der Waals surface area contributed by atoms with Crippen molar-refractivity contribution in [2.45, 2.75) is 58.2 Å². The topological polar surface area (TPSA) is 90.9 Å². The van der Waals surface area contributed by atoms with E-state index in [-0.39, 0.29) is 30.1 Å². The number of amides is 2. The van der Waals surface area contributed by atoms with Crippen LogP contribution >= 0.6 is 0 Å². The second-order valence-electron chi connectivity index (χ2n) is 11.7. The van der Waals surface area contributed by atoms with Crippen molar-refractivity contribution in [1.82, 2.24) is 19.8 Å². The number of ether oxygens (including phenoxy) is 1. The molecule has 0 bridgehead atoms. The monoisotopic (exact) mass is 530 g/mol. The van der Waals surface area contributed by atoms with E-state index in [2.05, 4.69) is 58.0 Å². The lowest BCUT2D eigenvalue weighted by Crippen LogP contribution is -2.59. The molecule has 1 N–H and O–H groups in total. The summed E-state index contributed by atoms with van der Waals surface area (Å²) in [5, 5.41) is 3.41. The highest BCUT2D eigenvalue weighted by atomic mass is 16.6. The second-order valence-corrected chi connectivity index (χ2v) is 11.7. The van der Waals surface area contributed by atoms with Gasteiger partial charge in [0.05, 0.1) is 11.6 Å². The molecule has 9 nitrogen and oxygen atoms in total. The first-order valence-electron chi connectivity index (χ1n) is 14.2. The van der Waals surface area contributed by atoms with Gasteiger partial charge in [-0.25, -0.2) is 9.78 Å². The highest BCUT2D eigenvalue weighted by Gasteiger charge is 2.50. The summed E-state index contributed by atoms with van der Waals surface area (Å²) in [6, 6.07) is 9.40. The van der Waals surface area contributed by atoms with Crippen LogP contribution in [0.4, 0.5) is 16.6 Å². The molecule has 1 spiro atoms. The molecule has 4 heterocycles. The molecule has 2 aromatic rings. The predicted octanol–water partition coefficient (Wildman–Crippen LogP) is 4.69. The first-order valence-corrected chi connectivity index (χ1v) is 14.2. The van der Waals surface area contributed by atoms with Crippen LogP contribution in [0.2, 0.25) is 0 Å². The number of rotatable bonds is 9. The number of benzene rings is 1. The van der Waals surface area contributed by atoms with Crippen LogP contribution in [-0.2, 0) is 16.1 Å². The van der Waals surface area contributed by atoms with Gasteiger partial charge in [0.15, 0.2) is 0 Å². The molecule has 2 amide bonds. The molecule has 4 aliphatic rings. The van der Waals surface area contributed by atoms with Crippen molar-refractivity contribution in [3.05, 3.63) is 59.8 Å². The van der Waals surface area contributed by atoms with Gasteiger partial charge in [-0.15, -0.1) is 0 Å². The molecule has 3 fully saturated rings. The van der Waals surface area contributed by atoms with Crippen molar-refractivity contribution in [2.24, 2.45) is 11.3 Å². The summed E-state index contributed by atoms with van der Waals surface area (Å²) in [5.74, 6) is 1.99. The number of carbonyl (C=O) groups is 2. The molecular formula is C30H38N6O3. The van der Waals surface area contributed by atoms with Crippen molar-refractivity contribution in [1.29, 1.82) is 0 Å². The molecule has 0 radical (unpaired) electrons. The van der Waals surface area contributed by atoms with E-state index >= 15 is 0 Å². The zero-order chi connectivity index (χ0) is 27.1. The Kier molecular flexibility index (Phi) is 6.79. The van der Waals surface area contributed by atoms with E-state index in [0.717, 1.165) is 49.6 Å². The van der Waals surface area contributed by atoms with E-state index < -0.39 is 0 Å². The largest absolute Gasteiger partial charge is 0.444 e. The molecule has 2 atom stereocenters. The van der Waals surface area contributed by atoms with Crippen LogP contribution < -0.4 is 10.2 Å². The third-order valence-corrected chi connectivity index (χ3v) is 8.85. The quantitative estimate of drug-likeness (QED) is 0.471. The maximum absolute atomic E-state index is 12.1. The van der Waals surface area contributed by atoms with Crippen molar-refractivity contribution in [3.63, 3.8) is 0 Å². The van der Waals surface area contributed by atoms with Crippen LogP contribution in [0.1, 0.15) is 68.3 Å². The fourth-order valence-corrected chi connectivity index (χ4v) is 6.38. The van der Waals surface area contributed by atoms with Crippen molar-refractivity contribution >= 4 is 23.8 Å². The summed E-state index contributed by atoms with van der Waals surface area (Å²) in [4.78, 5) is 39.3. The Balaban J connectivity index is 1.13. The molecule has 2 saturated heterocycles. The number of aromatic nitrogens is 2. The predicted molar refractivity (Wildman–Crippen MR) is 149 cm³/mol. The number of carbonyl (C=O) groups excluding carboxylic acids is 2. The second kappa shape index (κ2) is 10.3. The highest BCUT2D eigenvalue weighted by Crippen LogP contribution is 2.46. The summed E-state index contributed by atoms with van der Waals surface area (Å²) in [6.45, 7) is 12.2. The smallest absolute Gasteiger partial charge is 0.415 e. The van der Waals surface area contributed by atoms with Gasteiger partial charge in [0.2, 0.25) is 11.9 Å². The van der Waals surface area contributed by atoms with Gasteiger partial charge >= 0.3 is 6.09 Å². The lowest BCUT2D eigenvalue weighted by atomic mass is 9.79. The van der Waals surface area contributed by atoms with Gasteiger partial charge in [0, 0.05) is 43.8 Å². The molecule has 1 aliphatic carbocycles. The van der Waals surface area contributed by atoms with E-state index in [1.165, 1.54) is 35.8 Å². The van der Waals surface area contributed by atoms with E-state index in [4.69, 9.17) is 4.74 Å². The fourth-order valence-electron chi connectivity index (χ4n) is 6.38. The number of fused-ring (bicyclic) bond motifs is 1. The van der Waals surface area contributed by atoms with Crippen molar-refractivity contribution in [2.75, 3.05) is 42.9 Å². The van der Waals surface area contributed by atoms with Gasteiger partial charge in [0.25, 0.3) is 0 Å². The third kappa shape index (κ3) is 5.12. The fraction of sp³-hybridized carbons (Fsp3) is 0.533. The lowest BCUT2D eigenvalue weighted by molar-refractivity contribution is -0.137. The first kappa shape index (κ1) is 25.8. The molecule has 39 heavy (non-hydrogen) atoms. The Morgan fingerprint density at radius 2 is 1.97 bits per heavy atom. The third-order valence-electron chi connectivity index (χ3n) is 8.85. The van der Waals surface area contributed by atoms with E-state index in [0.29, 0.717) is 24.4 Å². The van der Waals surface area contributed by atoms with Gasteiger partial charge in [-0.2, -0.15) is 4.98 Å². The zero-order valence-electron chi connectivity index (χ0n) is 22.9. The maximum Gasteiger partial charge on any atom is 0.415 e. The summed E-state index contributed by atoms with van der Waals surface area (Å²) in [5.41, 5.74) is 3.59. The van der Waals surface area contributed by atoms with Crippen LogP contribution in [-0.4, -0.2) is 64.5 Å². The Morgan fingerprint density at radius 3 is 2.67 bits per heavy atom. The van der Waals surface area contributed by atoms with Crippen molar-refractivity contribution < 1.29 is 14.3 Å². The van der Waals surface area contributed by atoms with Crippen LogP contribution in [0, 0.1) is 11.3 Å². The highest BCUT2D eigenvalue weighted by molar-refractivity contribution is 5.89. The molecule has 3 aliphatic heterocycles. The number of nitrogens with zero attached hydrogens (tertiary/aromatic N) is 5. The summed E-state index contributed by atoms with van der Waals surface area (Å²) < 4.78 is 5.20. The zero-order valence-corrected chi connectivity index (χ0v) is 22.9. The molecular weight excluding hydrogens is 492 g/mol. The Morgan fingerprint density at radius 1 is 1.23 bits per heavy atom.